The highest BCUT2D eigenvalue weighted by Crippen LogP contribution is 2.57. The first-order chi connectivity index (χ1) is 26.2. The maximum Gasteiger partial charge on any atom is 0.311 e. The van der Waals surface area contributed by atoms with Gasteiger partial charge >= 0.3 is 5.97 Å². The van der Waals surface area contributed by atoms with Crippen molar-refractivity contribution in [3.63, 3.8) is 0 Å². The van der Waals surface area contributed by atoms with E-state index in [0.717, 1.165) is 74.0 Å². The molecule has 0 aliphatic heterocycles. The third-order valence-electron chi connectivity index (χ3n) is 11.2. The maximum absolute atomic E-state index is 14.1. The summed E-state index contributed by atoms with van der Waals surface area (Å²) < 4.78 is 17.4. The minimum atomic E-state index is -0.747. The first-order valence-electron chi connectivity index (χ1n) is 19.9. The summed E-state index contributed by atoms with van der Waals surface area (Å²) in [6.07, 6.45) is 8.82. The highest BCUT2D eigenvalue weighted by molar-refractivity contribution is 5.76. The van der Waals surface area contributed by atoms with Crippen LogP contribution in [0.15, 0.2) is 140 Å². The lowest BCUT2D eigenvalue weighted by Crippen LogP contribution is -2.52. The Morgan fingerprint density at radius 1 is 0.537 bits per heavy atom. The van der Waals surface area contributed by atoms with Crippen LogP contribution in [0, 0.1) is 5.41 Å². The second kappa shape index (κ2) is 19.5. The standard InChI is InChI=1S/C50H60O4/c1-6-7-19-36-49(4,42-22-13-10-14-23-42)50(43-24-15-11-16-25-43,44-26-17-12-18-27-44)39-48(2,3)47(51)54-38-21-9-8-20-37-53-46-34-30-41(31-35-46)40-28-32-45(52-5)33-29-40/h10-18,22-35H,6-9,19-21,36-39H2,1-5H3. The molecule has 54 heavy (non-hydrogen) atoms. The van der Waals surface area contributed by atoms with E-state index in [9.17, 15) is 4.79 Å². The summed E-state index contributed by atoms with van der Waals surface area (Å²) in [4.78, 5) is 14.1. The van der Waals surface area contributed by atoms with E-state index in [2.05, 4.69) is 143 Å². The third kappa shape index (κ3) is 9.82. The lowest BCUT2D eigenvalue weighted by molar-refractivity contribution is -0.155. The van der Waals surface area contributed by atoms with Crippen LogP contribution in [0.1, 0.15) is 102 Å². The Morgan fingerprint density at radius 2 is 1.02 bits per heavy atom. The van der Waals surface area contributed by atoms with Crippen molar-refractivity contribution < 1.29 is 19.0 Å². The van der Waals surface area contributed by atoms with Crippen molar-refractivity contribution in [2.24, 2.45) is 5.41 Å². The molecule has 0 spiro atoms. The minimum Gasteiger partial charge on any atom is -0.497 e. The zero-order valence-corrected chi connectivity index (χ0v) is 33.2. The monoisotopic (exact) mass is 724 g/mol. The highest BCUT2D eigenvalue weighted by atomic mass is 16.5. The van der Waals surface area contributed by atoms with Gasteiger partial charge in [0.05, 0.1) is 25.7 Å². The number of rotatable bonds is 21. The van der Waals surface area contributed by atoms with Gasteiger partial charge in [0.2, 0.25) is 0 Å². The van der Waals surface area contributed by atoms with Crippen molar-refractivity contribution in [2.75, 3.05) is 20.3 Å². The van der Waals surface area contributed by atoms with E-state index < -0.39 is 10.8 Å². The largest absolute Gasteiger partial charge is 0.497 e. The number of carbonyl (C=O) groups excluding carboxylic acids is 1. The van der Waals surface area contributed by atoms with Crippen LogP contribution >= 0.6 is 0 Å². The van der Waals surface area contributed by atoms with E-state index in [1.807, 2.05) is 24.3 Å². The molecular formula is C50H60O4. The molecule has 0 aliphatic rings. The molecule has 284 valence electrons. The molecule has 0 saturated heterocycles. The number of unbranched alkanes of at least 4 members (excludes halogenated alkanes) is 5. The molecule has 4 heteroatoms. The Kier molecular flexibility index (Phi) is 14.6. The van der Waals surface area contributed by atoms with E-state index in [1.165, 1.54) is 16.7 Å². The van der Waals surface area contributed by atoms with E-state index in [4.69, 9.17) is 14.2 Å². The minimum absolute atomic E-state index is 0.135. The Morgan fingerprint density at radius 3 is 1.52 bits per heavy atom. The predicted octanol–water partition coefficient (Wildman–Crippen LogP) is 12.8. The maximum atomic E-state index is 14.1. The Hall–Kier alpha value is -4.83. The summed E-state index contributed by atoms with van der Waals surface area (Å²) in [5.41, 5.74) is 4.51. The summed E-state index contributed by atoms with van der Waals surface area (Å²) in [6.45, 7) is 9.93. The van der Waals surface area contributed by atoms with Crippen LogP contribution in [0.5, 0.6) is 11.5 Å². The van der Waals surface area contributed by atoms with Crippen LogP contribution in [0.3, 0.4) is 0 Å². The highest BCUT2D eigenvalue weighted by Gasteiger charge is 2.54. The van der Waals surface area contributed by atoms with Gasteiger partial charge in [-0.3, -0.25) is 4.79 Å². The van der Waals surface area contributed by atoms with Crippen LogP contribution < -0.4 is 9.47 Å². The zero-order valence-electron chi connectivity index (χ0n) is 33.2. The van der Waals surface area contributed by atoms with Gasteiger partial charge in [-0.05, 0) is 104 Å². The molecular weight excluding hydrogens is 665 g/mol. The molecule has 0 aromatic heterocycles. The van der Waals surface area contributed by atoms with Gasteiger partial charge in [-0.25, -0.2) is 0 Å². The molecule has 0 heterocycles. The van der Waals surface area contributed by atoms with Gasteiger partial charge in [0.25, 0.3) is 0 Å². The van der Waals surface area contributed by atoms with Crippen molar-refractivity contribution in [3.8, 4) is 22.6 Å². The average molecular weight is 725 g/mol. The predicted molar refractivity (Wildman–Crippen MR) is 223 cm³/mol. The molecule has 1 atom stereocenters. The number of ether oxygens (including phenoxy) is 3. The molecule has 0 radical (unpaired) electrons. The van der Waals surface area contributed by atoms with Crippen LogP contribution in [-0.2, 0) is 20.4 Å². The molecule has 1 unspecified atom stereocenters. The molecule has 5 aromatic carbocycles. The third-order valence-corrected chi connectivity index (χ3v) is 11.2. The van der Waals surface area contributed by atoms with Crippen molar-refractivity contribution in [3.05, 3.63) is 156 Å². The lowest BCUT2D eigenvalue weighted by Gasteiger charge is -2.53. The molecule has 4 nitrogen and oxygen atoms in total. The fraction of sp³-hybridized carbons (Fsp3) is 0.380. The van der Waals surface area contributed by atoms with Gasteiger partial charge in [0.15, 0.2) is 0 Å². The summed E-state index contributed by atoms with van der Waals surface area (Å²) in [6, 6.07) is 49.0. The molecule has 0 N–H and O–H groups in total. The SMILES string of the molecule is CCCCCC(C)(c1ccccc1)C(CC(C)(C)C(=O)OCCCCCCOc1ccc(-c2ccc(OC)cc2)cc1)(c1ccccc1)c1ccccc1. The van der Waals surface area contributed by atoms with Crippen LogP contribution in [0.25, 0.3) is 11.1 Å². The molecule has 5 aromatic rings. The second-order valence-electron chi connectivity index (χ2n) is 15.5. The number of methoxy groups -OCH3 is 1. The van der Waals surface area contributed by atoms with Crippen LogP contribution in [-0.4, -0.2) is 26.3 Å². The summed E-state index contributed by atoms with van der Waals surface area (Å²) >= 11 is 0. The number of esters is 1. The van der Waals surface area contributed by atoms with Crippen LogP contribution in [0.4, 0.5) is 0 Å². The number of benzene rings is 5. The summed E-state index contributed by atoms with van der Waals surface area (Å²) in [5, 5.41) is 0. The van der Waals surface area contributed by atoms with Gasteiger partial charge in [0.1, 0.15) is 11.5 Å². The van der Waals surface area contributed by atoms with Gasteiger partial charge in [-0.2, -0.15) is 0 Å². The molecule has 0 aliphatic carbocycles. The normalized spacial score (nSPS) is 12.8. The fourth-order valence-electron chi connectivity index (χ4n) is 8.16. The Bertz CT molecular complexity index is 1780. The topological polar surface area (TPSA) is 44.8 Å². The quantitative estimate of drug-likeness (QED) is 0.0558. The van der Waals surface area contributed by atoms with Crippen molar-refractivity contribution in [1.29, 1.82) is 0 Å². The molecule has 0 fully saturated rings. The number of carbonyl (C=O) groups is 1. The molecule has 0 saturated carbocycles. The first kappa shape index (κ1) is 40.4. The van der Waals surface area contributed by atoms with Crippen molar-refractivity contribution >= 4 is 5.97 Å². The van der Waals surface area contributed by atoms with E-state index in [-0.39, 0.29) is 11.4 Å². The average Bonchev–Trinajstić information content (AvgIpc) is 3.22. The number of hydrogen-bond donors (Lipinski definition) is 0. The van der Waals surface area contributed by atoms with E-state index in [1.54, 1.807) is 7.11 Å². The fourth-order valence-corrected chi connectivity index (χ4v) is 8.16. The number of hydrogen-bond acceptors (Lipinski definition) is 4. The zero-order chi connectivity index (χ0) is 38.3. The second-order valence-corrected chi connectivity index (χ2v) is 15.5. The van der Waals surface area contributed by atoms with Gasteiger partial charge < -0.3 is 14.2 Å². The summed E-state index contributed by atoms with van der Waals surface area (Å²) in [5.74, 6) is 1.59. The smallest absolute Gasteiger partial charge is 0.311 e. The van der Waals surface area contributed by atoms with Gasteiger partial charge in [-0.15, -0.1) is 0 Å². The van der Waals surface area contributed by atoms with E-state index in [0.29, 0.717) is 19.6 Å². The van der Waals surface area contributed by atoms with E-state index >= 15 is 0 Å². The molecule has 0 amide bonds. The first-order valence-corrected chi connectivity index (χ1v) is 19.9. The van der Waals surface area contributed by atoms with Crippen LogP contribution in [0.2, 0.25) is 0 Å². The lowest BCUT2D eigenvalue weighted by atomic mass is 9.49. The Labute approximate surface area is 324 Å². The van der Waals surface area contributed by atoms with Crippen molar-refractivity contribution in [1.82, 2.24) is 0 Å². The van der Waals surface area contributed by atoms with Gasteiger partial charge in [0, 0.05) is 10.8 Å². The Balaban J connectivity index is 1.22. The van der Waals surface area contributed by atoms with Gasteiger partial charge in [-0.1, -0.05) is 148 Å². The molecule has 0 bridgehead atoms. The molecule has 5 rings (SSSR count). The van der Waals surface area contributed by atoms with Crippen molar-refractivity contribution in [2.45, 2.75) is 96.3 Å². The summed E-state index contributed by atoms with van der Waals surface area (Å²) in [7, 11) is 1.68.